The number of carbonyl (C=O) groups excluding carboxylic acids is 3. The molecule has 1 saturated carbocycles. The molecule has 0 aliphatic heterocycles. The third kappa shape index (κ3) is 6.15. The summed E-state index contributed by atoms with van der Waals surface area (Å²) in [5.74, 6) is -1.30. The molecule has 3 aromatic rings. The van der Waals surface area contributed by atoms with Gasteiger partial charge in [-0.15, -0.1) is 0 Å². The number of aryl methyl sites for hydroxylation is 1. The van der Waals surface area contributed by atoms with Gasteiger partial charge in [0.2, 0.25) is 5.91 Å². The lowest BCUT2D eigenvalue weighted by molar-refractivity contribution is -0.124. The number of anilines is 1. The summed E-state index contributed by atoms with van der Waals surface area (Å²) < 4.78 is 0. The zero-order valence-electron chi connectivity index (χ0n) is 21.0. The third-order valence-electron chi connectivity index (χ3n) is 6.87. The number of rotatable bonds is 7. The number of fused-ring (bicyclic) bond motifs is 1. The van der Waals surface area contributed by atoms with Gasteiger partial charge in [0.15, 0.2) is 0 Å². The smallest absolute Gasteiger partial charge is 0.423 e. The Hall–Kier alpha value is -3.76. The number of nitrogens with zero attached hydrogens (tertiary/aromatic N) is 1. The topological polar surface area (TPSA) is 141 Å². The van der Waals surface area contributed by atoms with Crippen LogP contribution in [-0.2, 0) is 4.79 Å². The number of hydrogen-bond acceptors (Lipinski definition) is 6. The fraction of sp³-hybridized carbons (Fsp3) is 0.333. The predicted molar refractivity (Wildman–Crippen MR) is 143 cm³/mol. The van der Waals surface area contributed by atoms with Crippen molar-refractivity contribution >= 4 is 46.9 Å². The first-order valence-electron chi connectivity index (χ1n) is 12.5. The van der Waals surface area contributed by atoms with E-state index in [9.17, 15) is 24.4 Å². The standard InChI is InChI=1S/C27H31BN4O5/c1-16-12-23(31-22-11-7-6-10-21(16)22)26(34)30-20-14-18(13-19(15-20)28(36)37)25(33)32-24(27(35)29-2)17-8-4-3-5-9-17/h6-7,10-15,17,24,36-37H,3-5,8-9H2,1-2H3,(H,29,35)(H,30,34)(H,32,33)/t24-/m0/s1. The quantitative estimate of drug-likeness (QED) is 0.313. The molecule has 5 N–H and O–H groups in total. The van der Waals surface area contributed by atoms with Crippen LogP contribution >= 0.6 is 0 Å². The van der Waals surface area contributed by atoms with Crippen molar-refractivity contribution in [2.75, 3.05) is 12.4 Å². The van der Waals surface area contributed by atoms with Gasteiger partial charge in [0, 0.05) is 23.7 Å². The van der Waals surface area contributed by atoms with Gasteiger partial charge in [-0.2, -0.15) is 0 Å². The molecule has 0 spiro atoms. The lowest BCUT2D eigenvalue weighted by Crippen LogP contribution is -2.50. The van der Waals surface area contributed by atoms with Crippen LogP contribution < -0.4 is 21.4 Å². The molecule has 0 radical (unpaired) electrons. The summed E-state index contributed by atoms with van der Waals surface area (Å²) in [5.41, 5.74) is 2.07. The van der Waals surface area contributed by atoms with E-state index in [1.165, 1.54) is 25.2 Å². The Morgan fingerprint density at radius 3 is 2.43 bits per heavy atom. The van der Waals surface area contributed by atoms with E-state index in [4.69, 9.17) is 0 Å². The Labute approximate surface area is 215 Å². The molecule has 4 rings (SSSR count). The highest BCUT2D eigenvalue weighted by Gasteiger charge is 2.31. The number of amides is 3. The maximum atomic E-state index is 13.2. The van der Waals surface area contributed by atoms with Gasteiger partial charge in [0.25, 0.3) is 11.8 Å². The van der Waals surface area contributed by atoms with Crippen molar-refractivity contribution in [3.8, 4) is 0 Å². The fourth-order valence-electron chi connectivity index (χ4n) is 4.91. The minimum absolute atomic E-state index is 0.0191. The highest BCUT2D eigenvalue weighted by Crippen LogP contribution is 2.27. The maximum absolute atomic E-state index is 13.2. The van der Waals surface area contributed by atoms with Gasteiger partial charge >= 0.3 is 7.12 Å². The van der Waals surface area contributed by atoms with Gasteiger partial charge in [-0.3, -0.25) is 14.4 Å². The lowest BCUT2D eigenvalue weighted by Gasteiger charge is -2.29. The molecule has 0 unspecified atom stereocenters. The zero-order chi connectivity index (χ0) is 26.5. The van der Waals surface area contributed by atoms with Crippen LogP contribution in [0.4, 0.5) is 5.69 Å². The number of pyridine rings is 1. The van der Waals surface area contributed by atoms with Crippen LogP contribution in [-0.4, -0.2) is 53.0 Å². The molecule has 1 aliphatic carbocycles. The molecule has 1 fully saturated rings. The Kier molecular flexibility index (Phi) is 8.20. The molecule has 37 heavy (non-hydrogen) atoms. The van der Waals surface area contributed by atoms with Gasteiger partial charge in [-0.1, -0.05) is 37.5 Å². The summed E-state index contributed by atoms with van der Waals surface area (Å²) in [6.45, 7) is 1.89. The van der Waals surface area contributed by atoms with Crippen LogP contribution in [0.15, 0.2) is 48.5 Å². The molecule has 1 atom stereocenters. The van der Waals surface area contributed by atoms with Gasteiger partial charge in [0.05, 0.1) is 5.52 Å². The van der Waals surface area contributed by atoms with Crippen molar-refractivity contribution in [1.29, 1.82) is 0 Å². The number of aromatic nitrogens is 1. The van der Waals surface area contributed by atoms with Crippen LogP contribution in [0.5, 0.6) is 0 Å². The molecule has 0 saturated heterocycles. The van der Waals surface area contributed by atoms with Crippen LogP contribution in [0.3, 0.4) is 0 Å². The molecule has 0 bridgehead atoms. The Morgan fingerprint density at radius 2 is 1.73 bits per heavy atom. The van der Waals surface area contributed by atoms with Crippen LogP contribution in [0, 0.1) is 12.8 Å². The van der Waals surface area contributed by atoms with Crippen LogP contribution in [0.25, 0.3) is 10.9 Å². The molecule has 1 heterocycles. The summed E-state index contributed by atoms with van der Waals surface area (Å²) in [4.78, 5) is 43.3. The van der Waals surface area contributed by atoms with Gasteiger partial charge in [-0.05, 0) is 67.0 Å². The lowest BCUT2D eigenvalue weighted by atomic mass is 9.79. The van der Waals surface area contributed by atoms with Crippen LogP contribution in [0.1, 0.15) is 58.5 Å². The molecule has 2 aromatic carbocycles. The largest absolute Gasteiger partial charge is 0.488 e. The van der Waals surface area contributed by atoms with Crippen molar-refractivity contribution in [2.24, 2.45) is 5.92 Å². The first-order valence-corrected chi connectivity index (χ1v) is 12.5. The zero-order valence-corrected chi connectivity index (χ0v) is 21.0. The second-order valence-electron chi connectivity index (χ2n) is 9.48. The summed E-state index contributed by atoms with van der Waals surface area (Å²) >= 11 is 0. The summed E-state index contributed by atoms with van der Waals surface area (Å²) in [7, 11) is -0.332. The van der Waals surface area contributed by atoms with Crippen molar-refractivity contribution in [2.45, 2.75) is 45.1 Å². The van der Waals surface area contributed by atoms with E-state index < -0.39 is 25.0 Å². The molecular formula is C27H31BN4O5. The Balaban J connectivity index is 1.59. The second-order valence-corrected chi connectivity index (χ2v) is 9.48. The van der Waals surface area contributed by atoms with Crippen molar-refractivity contribution in [1.82, 2.24) is 15.6 Å². The SMILES string of the molecule is CNC(=O)[C@@H](NC(=O)c1cc(NC(=O)c2cc(C)c3ccccc3n2)cc(B(O)O)c1)C1CCCCC1. The average Bonchev–Trinajstić information content (AvgIpc) is 2.91. The second kappa shape index (κ2) is 11.5. The number of carbonyl (C=O) groups is 3. The Morgan fingerprint density at radius 1 is 1.00 bits per heavy atom. The number of hydrogen-bond donors (Lipinski definition) is 5. The normalized spacial score (nSPS) is 14.6. The first-order chi connectivity index (χ1) is 17.8. The number of benzene rings is 2. The summed E-state index contributed by atoms with van der Waals surface area (Å²) in [5, 5.41) is 28.7. The summed E-state index contributed by atoms with van der Waals surface area (Å²) in [6, 6.07) is 12.6. The van der Waals surface area contributed by atoms with E-state index >= 15 is 0 Å². The van der Waals surface area contributed by atoms with Gasteiger partial charge in [-0.25, -0.2) is 4.98 Å². The van der Waals surface area contributed by atoms with Gasteiger partial charge < -0.3 is 26.0 Å². The van der Waals surface area contributed by atoms with Crippen molar-refractivity contribution in [3.63, 3.8) is 0 Å². The highest BCUT2D eigenvalue weighted by molar-refractivity contribution is 6.58. The van der Waals surface area contributed by atoms with Crippen molar-refractivity contribution in [3.05, 3.63) is 65.4 Å². The van der Waals surface area contributed by atoms with E-state index in [0.29, 0.717) is 5.52 Å². The fourth-order valence-corrected chi connectivity index (χ4v) is 4.91. The molecule has 192 valence electrons. The first kappa shape index (κ1) is 26.3. The molecular weight excluding hydrogens is 471 g/mol. The van der Waals surface area contributed by atoms with E-state index in [2.05, 4.69) is 20.9 Å². The van der Waals surface area contributed by atoms with E-state index in [1.54, 1.807) is 6.07 Å². The molecule has 1 aliphatic rings. The van der Waals surface area contributed by atoms with Crippen LogP contribution in [0.2, 0.25) is 0 Å². The third-order valence-corrected chi connectivity index (χ3v) is 6.87. The Bertz CT molecular complexity index is 1320. The molecule has 1 aromatic heterocycles. The molecule has 10 heteroatoms. The number of para-hydroxylation sites is 1. The van der Waals surface area contributed by atoms with E-state index in [1.807, 2.05) is 31.2 Å². The summed E-state index contributed by atoms with van der Waals surface area (Å²) in [6.07, 6.45) is 4.79. The minimum Gasteiger partial charge on any atom is -0.423 e. The predicted octanol–water partition coefficient (Wildman–Crippen LogP) is 1.90. The number of nitrogens with one attached hydrogen (secondary N) is 3. The average molecular weight is 502 g/mol. The van der Waals surface area contributed by atoms with Crippen molar-refractivity contribution < 1.29 is 24.4 Å². The van der Waals surface area contributed by atoms with E-state index in [0.717, 1.165) is 43.1 Å². The minimum atomic E-state index is -1.86. The monoisotopic (exact) mass is 502 g/mol. The molecule has 3 amide bonds. The molecule has 9 nitrogen and oxygen atoms in total. The van der Waals surface area contributed by atoms with E-state index in [-0.39, 0.29) is 34.2 Å². The highest BCUT2D eigenvalue weighted by atomic mass is 16.4. The van der Waals surface area contributed by atoms with Gasteiger partial charge in [0.1, 0.15) is 11.7 Å². The number of likely N-dealkylation sites (N-methyl/N-ethyl adjacent to an activating group) is 1. The maximum Gasteiger partial charge on any atom is 0.488 e.